The number of fused-ring (bicyclic) bond motifs is 15. The van der Waals surface area contributed by atoms with Crippen LogP contribution in [0.15, 0.2) is 168 Å². The van der Waals surface area contributed by atoms with Crippen LogP contribution in [-0.2, 0) is 21.7 Å². The lowest BCUT2D eigenvalue weighted by atomic mass is 9.64. The van der Waals surface area contributed by atoms with E-state index in [0.29, 0.717) is 0 Å². The highest BCUT2D eigenvalue weighted by molar-refractivity contribution is 6.14. The zero-order valence-electron chi connectivity index (χ0n) is 37.4. The van der Waals surface area contributed by atoms with Gasteiger partial charge in [-0.15, -0.1) is 0 Å². The van der Waals surface area contributed by atoms with Crippen molar-refractivity contribution in [3.8, 4) is 33.8 Å². The Morgan fingerprint density at radius 1 is 0.444 bits per heavy atom. The van der Waals surface area contributed by atoms with Crippen LogP contribution >= 0.6 is 0 Å². The SMILES string of the molecule is CC(C)(C)c1ccc2c(c1)C1(c3cc(C(C)(C)C)ccc3O2)c2ccccc2-c2c(N(c3ccc4c(c3)C(C)(C)c3ccccc3-4)c3cccc4oc5ccccc5c34)cccc21. The van der Waals surface area contributed by atoms with Gasteiger partial charge in [0, 0.05) is 33.2 Å². The molecule has 0 saturated carbocycles. The minimum absolute atomic E-state index is 0.0730. The van der Waals surface area contributed by atoms with E-state index >= 15 is 0 Å². The zero-order chi connectivity index (χ0) is 43.2. The van der Waals surface area contributed by atoms with E-state index in [2.05, 4.69) is 224 Å². The maximum absolute atomic E-state index is 6.99. The molecule has 0 N–H and O–H groups in total. The molecule has 2 heterocycles. The average Bonchev–Trinajstić information content (AvgIpc) is 3.88. The van der Waals surface area contributed by atoms with Gasteiger partial charge in [-0.3, -0.25) is 0 Å². The van der Waals surface area contributed by atoms with Crippen LogP contribution in [0.2, 0.25) is 0 Å². The van der Waals surface area contributed by atoms with Crippen molar-refractivity contribution in [2.24, 2.45) is 0 Å². The highest BCUT2D eigenvalue weighted by Crippen LogP contribution is 2.65. The Morgan fingerprint density at radius 2 is 1.02 bits per heavy atom. The molecule has 1 spiro atoms. The second-order valence-corrected chi connectivity index (χ2v) is 20.5. The van der Waals surface area contributed by atoms with E-state index in [1.807, 2.05) is 0 Å². The molecular weight excluding hydrogens is 767 g/mol. The smallest absolute Gasteiger partial charge is 0.137 e. The minimum atomic E-state index is -0.658. The summed E-state index contributed by atoms with van der Waals surface area (Å²) in [5.41, 5.74) is 19.3. The van der Waals surface area contributed by atoms with Crippen molar-refractivity contribution in [3.05, 3.63) is 208 Å². The Kier molecular flexibility index (Phi) is 7.73. The molecule has 0 amide bonds. The number of nitrogens with zero attached hydrogens (tertiary/aromatic N) is 1. The standard InChI is InChI=1S/C60H51NO2/c1-57(2,3)36-27-31-52-47(33-36)60(48-34-37(58(4,5)6)28-32-53(48)63-52)44-21-13-10-18-41(44)55-45(60)22-15-23-49(55)61(50-24-16-26-54-56(50)42-19-11-14-25-51(42)62-54)38-29-30-40-39-17-9-12-20-43(39)59(7,8)46(40)35-38/h9-35H,1-8H3. The van der Waals surface area contributed by atoms with Crippen molar-refractivity contribution in [2.45, 2.75) is 77.0 Å². The maximum atomic E-state index is 6.99. The van der Waals surface area contributed by atoms with E-state index in [1.165, 1.54) is 66.8 Å². The number of para-hydroxylation sites is 1. The van der Waals surface area contributed by atoms with Gasteiger partial charge in [0.1, 0.15) is 22.7 Å². The quantitative estimate of drug-likeness (QED) is 0.178. The number of furan rings is 1. The summed E-state index contributed by atoms with van der Waals surface area (Å²) in [6.07, 6.45) is 0. The molecule has 1 aliphatic heterocycles. The first-order valence-corrected chi connectivity index (χ1v) is 22.4. The summed E-state index contributed by atoms with van der Waals surface area (Å²) in [4.78, 5) is 2.52. The molecule has 3 nitrogen and oxygen atoms in total. The molecular formula is C60H51NO2. The van der Waals surface area contributed by atoms with Crippen LogP contribution in [0.1, 0.15) is 99.9 Å². The summed E-state index contributed by atoms with van der Waals surface area (Å²) in [5.74, 6) is 1.80. The summed E-state index contributed by atoms with van der Waals surface area (Å²) in [6.45, 7) is 18.6. The number of hydrogen-bond donors (Lipinski definition) is 0. The fourth-order valence-corrected chi connectivity index (χ4v) is 11.3. The second-order valence-electron chi connectivity index (χ2n) is 20.5. The summed E-state index contributed by atoms with van der Waals surface area (Å²) in [5, 5.41) is 2.20. The largest absolute Gasteiger partial charge is 0.457 e. The van der Waals surface area contributed by atoms with Crippen LogP contribution in [0.5, 0.6) is 11.5 Å². The van der Waals surface area contributed by atoms with Gasteiger partial charge in [0.05, 0.1) is 22.2 Å². The van der Waals surface area contributed by atoms with Crippen LogP contribution in [0, 0.1) is 0 Å². The van der Waals surface area contributed by atoms with Gasteiger partial charge in [0.15, 0.2) is 0 Å². The summed E-state index contributed by atoms with van der Waals surface area (Å²) < 4.78 is 13.6. The molecule has 3 heteroatoms. The predicted octanol–water partition coefficient (Wildman–Crippen LogP) is 16.4. The highest BCUT2D eigenvalue weighted by Gasteiger charge is 2.53. The van der Waals surface area contributed by atoms with E-state index in [-0.39, 0.29) is 16.2 Å². The summed E-state index contributed by atoms with van der Waals surface area (Å²) in [7, 11) is 0. The van der Waals surface area contributed by atoms with Gasteiger partial charge in [-0.1, -0.05) is 159 Å². The van der Waals surface area contributed by atoms with E-state index in [1.54, 1.807) is 0 Å². The van der Waals surface area contributed by atoms with Gasteiger partial charge in [0.25, 0.3) is 0 Å². The first-order valence-electron chi connectivity index (χ1n) is 22.4. The van der Waals surface area contributed by atoms with Crippen molar-refractivity contribution in [3.63, 3.8) is 0 Å². The molecule has 0 radical (unpaired) electrons. The third-order valence-electron chi connectivity index (χ3n) is 14.5. The fourth-order valence-electron chi connectivity index (χ4n) is 11.3. The van der Waals surface area contributed by atoms with Crippen LogP contribution in [-0.4, -0.2) is 0 Å². The molecule has 8 aromatic carbocycles. The lowest BCUT2D eigenvalue weighted by Crippen LogP contribution is -2.33. The first kappa shape index (κ1) is 37.9. The molecule has 0 unspecified atom stereocenters. The van der Waals surface area contributed by atoms with Gasteiger partial charge < -0.3 is 14.1 Å². The first-order chi connectivity index (χ1) is 30.3. The maximum Gasteiger partial charge on any atom is 0.137 e. The molecule has 308 valence electrons. The molecule has 3 aliphatic rings. The Hall–Kier alpha value is -6.84. The Bertz CT molecular complexity index is 3320. The highest BCUT2D eigenvalue weighted by atomic mass is 16.5. The second kappa shape index (κ2) is 12.9. The molecule has 0 bridgehead atoms. The van der Waals surface area contributed by atoms with E-state index in [9.17, 15) is 0 Å². The number of rotatable bonds is 3. The predicted molar refractivity (Wildman–Crippen MR) is 261 cm³/mol. The molecule has 1 aromatic heterocycles. The van der Waals surface area contributed by atoms with Gasteiger partial charge in [-0.25, -0.2) is 0 Å². The molecule has 0 saturated heterocycles. The van der Waals surface area contributed by atoms with Gasteiger partial charge in [0.2, 0.25) is 0 Å². The van der Waals surface area contributed by atoms with E-state index in [4.69, 9.17) is 9.15 Å². The number of ether oxygens (including phenoxy) is 1. The lowest BCUT2D eigenvalue weighted by Gasteiger charge is -2.41. The fraction of sp³-hybridized carbons (Fsp3) is 0.200. The van der Waals surface area contributed by atoms with Gasteiger partial charge >= 0.3 is 0 Å². The Labute approximate surface area is 370 Å². The molecule has 0 atom stereocenters. The molecule has 2 aliphatic carbocycles. The van der Waals surface area contributed by atoms with Crippen LogP contribution < -0.4 is 9.64 Å². The molecule has 12 rings (SSSR count). The van der Waals surface area contributed by atoms with Gasteiger partial charge in [-0.05, 0) is 122 Å². The Balaban J connectivity index is 1.21. The summed E-state index contributed by atoms with van der Waals surface area (Å²) in [6, 6.07) is 61.0. The van der Waals surface area contributed by atoms with Crippen LogP contribution in [0.3, 0.4) is 0 Å². The van der Waals surface area contributed by atoms with E-state index < -0.39 is 5.41 Å². The third kappa shape index (κ3) is 5.20. The number of hydrogen-bond acceptors (Lipinski definition) is 3. The van der Waals surface area contributed by atoms with Crippen molar-refractivity contribution < 1.29 is 9.15 Å². The van der Waals surface area contributed by atoms with E-state index in [0.717, 1.165) is 50.5 Å². The van der Waals surface area contributed by atoms with Crippen LogP contribution in [0.25, 0.3) is 44.2 Å². The molecule has 0 fully saturated rings. The topological polar surface area (TPSA) is 25.6 Å². The van der Waals surface area contributed by atoms with Gasteiger partial charge in [-0.2, -0.15) is 0 Å². The monoisotopic (exact) mass is 817 g/mol. The van der Waals surface area contributed by atoms with Crippen molar-refractivity contribution in [1.82, 2.24) is 0 Å². The lowest BCUT2D eigenvalue weighted by molar-refractivity contribution is 0.433. The zero-order valence-corrected chi connectivity index (χ0v) is 37.4. The number of benzene rings is 8. The minimum Gasteiger partial charge on any atom is -0.457 e. The normalized spacial score (nSPS) is 15.0. The third-order valence-corrected chi connectivity index (χ3v) is 14.5. The van der Waals surface area contributed by atoms with Crippen molar-refractivity contribution in [1.29, 1.82) is 0 Å². The number of anilines is 3. The molecule has 63 heavy (non-hydrogen) atoms. The Morgan fingerprint density at radius 3 is 1.73 bits per heavy atom. The molecule has 9 aromatic rings. The average molecular weight is 818 g/mol. The summed E-state index contributed by atoms with van der Waals surface area (Å²) >= 11 is 0. The van der Waals surface area contributed by atoms with Crippen molar-refractivity contribution in [2.75, 3.05) is 4.90 Å². The van der Waals surface area contributed by atoms with Crippen molar-refractivity contribution >= 4 is 39.0 Å². The van der Waals surface area contributed by atoms with Crippen LogP contribution in [0.4, 0.5) is 17.1 Å².